The van der Waals surface area contributed by atoms with Gasteiger partial charge >= 0.3 is 12.0 Å². The van der Waals surface area contributed by atoms with Gasteiger partial charge in [-0.3, -0.25) is 4.79 Å². The van der Waals surface area contributed by atoms with Crippen molar-refractivity contribution in [1.82, 2.24) is 10.3 Å². The Morgan fingerprint density at radius 3 is 2.18 bits per heavy atom. The van der Waals surface area contributed by atoms with Crippen LogP contribution in [0.4, 0.5) is 16.2 Å². The van der Waals surface area contributed by atoms with Crippen molar-refractivity contribution in [2.45, 2.75) is 33.7 Å². The SMILES string of the molecule is Cc1ccc(NC(=O)Nc2ccc(-c3nc(C(=O)NC(C(=O)O)C(C)C)cs3)cc2)cc1C. The fourth-order valence-corrected chi connectivity index (χ4v) is 3.85. The molecule has 1 unspecified atom stereocenters. The number of aromatic nitrogens is 1. The third-order valence-electron chi connectivity index (χ3n) is 5.11. The number of carbonyl (C=O) groups is 3. The number of amides is 3. The second-order valence-corrected chi connectivity index (χ2v) is 8.88. The fourth-order valence-electron chi connectivity index (χ4n) is 3.05. The molecule has 4 N–H and O–H groups in total. The highest BCUT2D eigenvalue weighted by molar-refractivity contribution is 7.13. The number of benzene rings is 2. The average Bonchev–Trinajstić information content (AvgIpc) is 3.25. The molecule has 0 aliphatic rings. The molecule has 33 heavy (non-hydrogen) atoms. The molecule has 2 aromatic carbocycles. The molecule has 3 aromatic rings. The van der Waals surface area contributed by atoms with Gasteiger partial charge in [-0.05, 0) is 67.3 Å². The summed E-state index contributed by atoms with van der Waals surface area (Å²) in [5.41, 5.74) is 4.51. The zero-order valence-electron chi connectivity index (χ0n) is 18.8. The maximum Gasteiger partial charge on any atom is 0.326 e. The third kappa shape index (κ3) is 6.17. The van der Waals surface area contributed by atoms with E-state index in [2.05, 4.69) is 20.9 Å². The molecule has 0 spiro atoms. The van der Waals surface area contributed by atoms with Gasteiger partial charge in [-0.15, -0.1) is 11.3 Å². The minimum atomic E-state index is -1.08. The van der Waals surface area contributed by atoms with E-state index in [1.807, 2.05) is 32.0 Å². The van der Waals surface area contributed by atoms with Gasteiger partial charge in [0.25, 0.3) is 5.91 Å². The number of nitrogens with one attached hydrogen (secondary N) is 3. The Kier molecular flexibility index (Phi) is 7.44. The lowest BCUT2D eigenvalue weighted by molar-refractivity contribution is -0.140. The van der Waals surface area contributed by atoms with Gasteiger partial charge in [0.2, 0.25) is 0 Å². The van der Waals surface area contributed by atoms with Gasteiger partial charge in [-0.1, -0.05) is 19.9 Å². The second kappa shape index (κ2) is 10.3. The van der Waals surface area contributed by atoms with Crippen molar-refractivity contribution < 1.29 is 19.5 Å². The van der Waals surface area contributed by atoms with Gasteiger partial charge < -0.3 is 21.1 Å². The Morgan fingerprint density at radius 2 is 1.58 bits per heavy atom. The molecule has 0 fully saturated rings. The molecular formula is C24H26N4O4S. The van der Waals surface area contributed by atoms with Crippen LogP contribution in [0.25, 0.3) is 10.6 Å². The normalized spacial score (nSPS) is 11.7. The number of carboxylic acids is 1. The van der Waals surface area contributed by atoms with Gasteiger partial charge in [-0.2, -0.15) is 0 Å². The highest BCUT2D eigenvalue weighted by Gasteiger charge is 2.25. The summed E-state index contributed by atoms with van der Waals surface area (Å²) in [5.74, 6) is -1.87. The highest BCUT2D eigenvalue weighted by Crippen LogP contribution is 2.25. The lowest BCUT2D eigenvalue weighted by Gasteiger charge is -2.16. The zero-order valence-corrected chi connectivity index (χ0v) is 19.6. The largest absolute Gasteiger partial charge is 0.480 e. The van der Waals surface area contributed by atoms with Crippen molar-refractivity contribution in [3.63, 3.8) is 0 Å². The molecule has 3 amide bonds. The average molecular weight is 467 g/mol. The summed E-state index contributed by atoms with van der Waals surface area (Å²) in [6.45, 7) is 7.45. The maximum atomic E-state index is 12.4. The number of rotatable bonds is 7. The highest BCUT2D eigenvalue weighted by atomic mass is 32.1. The zero-order chi connectivity index (χ0) is 24.1. The molecule has 0 radical (unpaired) electrons. The number of carbonyl (C=O) groups excluding carboxylic acids is 2. The van der Waals surface area contributed by atoms with Crippen LogP contribution in [0, 0.1) is 19.8 Å². The molecule has 0 saturated carbocycles. The molecule has 3 rings (SSSR count). The number of hydrogen-bond donors (Lipinski definition) is 4. The van der Waals surface area contributed by atoms with Crippen LogP contribution in [0.15, 0.2) is 47.8 Å². The summed E-state index contributed by atoms with van der Waals surface area (Å²) in [6, 6.07) is 11.5. The molecule has 9 heteroatoms. The molecule has 1 heterocycles. The monoisotopic (exact) mass is 466 g/mol. The van der Waals surface area contributed by atoms with Gasteiger partial charge in [0.1, 0.15) is 16.7 Å². The van der Waals surface area contributed by atoms with E-state index in [0.29, 0.717) is 16.4 Å². The van der Waals surface area contributed by atoms with Crippen molar-refractivity contribution >= 4 is 40.6 Å². The van der Waals surface area contributed by atoms with Crippen LogP contribution >= 0.6 is 11.3 Å². The van der Waals surface area contributed by atoms with E-state index >= 15 is 0 Å². The number of urea groups is 1. The van der Waals surface area contributed by atoms with Gasteiger partial charge in [0, 0.05) is 22.3 Å². The predicted molar refractivity (Wildman–Crippen MR) is 130 cm³/mol. The predicted octanol–water partition coefficient (Wildman–Crippen LogP) is 4.91. The Bertz CT molecular complexity index is 1170. The van der Waals surface area contributed by atoms with Crippen molar-refractivity contribution in [2.24, 2.45) is 5.92 Å². The number of thiazole rings is 1. The quantitative estimate of drug-likeness (QED) is 0.394. The van der Waals surface area contributed by atoms with Crippen LogP contribution in [-0.2, 0) is 4.79 Å². The second-order valence-electron chi connectivity index (χ2n) is 8.03. The van der Waals surface area contributed by atoms with Crippen LogP contribution < -0.4 is 16.0 Å². The van der Waals surface area contributed by atoms with Gasteiger partial charge in [0.15, 0.2) is 0 Å². The van der Waals surface area contributed by atoms with Crippen LogP contribution in [0.5, 0.6) is 0 Å². The number of anilines is 2. The van der Waals surface area contributed by atoms with E-state index in [4.69, 9.17) is 0 Å². The number of carboxylic acid groups (broad SMARTS) is 1. The third-order valence-corrected chi connectivity index (χ3v) is 6.00. The molecule has 172 valence electrons. The maximum absolute atomic E-state index is 12.4. The summed E-state index contributed by atoms with van der Waals surface area (Å²) in [4.78, 5) is 40.3. The van der Waals surface area contributed by atoms with E-state index < -0.39 is 17.9 Å². The lowest BCUT2D eigenvalue weighted by Crippen LogP contribution is -2.44. The Morgan fingerprint density at radius 1 is 0.939 bits per heavy atom. The first-order chi connectivity index (χ1) is 15.6. The first kappa shape index (κ1) is 23.9. The van der Waals surface area contributed by atoms with E-state index in [1.165, 1.54) is 11.3 Å². The Balaban J connectivity index is 1.62. The summed E-state index contributed by atoms with van der Waals surface area (Å²) >= 11 is 1.28. The van der Waals surface area contributed by atoms with E-state index in [0.717, 1.165) is 16.7 Å². The number of aliphatic carboxylic acids is 1. The van der Waals surface area contributed by atoms with E-state index in [-0.39, 0.29) is 17.6 Å². The van der Waals surface area contributed by atoms with Gasteiger partial charge in [0.05, 0.1) is 0 Å². The molecule has 0 saturated heterocycles. The van der Waals surface area contributed by atoms with Crippen molar-refractivity contribution in [1.29, 1.82) is 0 Å². The van der Waals surface area contributed by atoms with Crippen LogP contribution in [-0.4, -0.2) is 34.0 Å². The van der Waals surface area contributed by atoms with Crippen molar-refractivity contribution in [3.05, 3.63) is 64.7 Å². The van der Waals surface area contributed by atoms with Crippen molar-refractivity contribution in [2.75, 3.05) is 10.6 Å². The molecule has 1 atom stereocenters. The number of hydrogen-bond acceptors (Lipinski definition) is 5. The van der Waals surface area contributed by atoms with Crippen LogP contribution in [0.2, 0.25) is 0 Å². The summed E-state index contributed by atoms with van der Waals surface area (Å²) in [5, 5.41) is 19.5. The van der Waals surface area contributed by atoms with Crippen LogP contribution in [0.1, 0.15) is 35.5 Å². The molecule has 8 nitrogen and oxygen atoms in total. The van der Waals surface area contributed by atoms with Gasteiger partial charge in [-0.25, -0.2) is 14.6 Å². The first-order valence-electron chi connectivity index (χ1n) is 10.4. The Hall–Kier alpha value is -3.72. The minimum absolute atomic E-state index is 0.164. The molecule has 0 bridgehead atoms. The summed E-state index contributed by atoms with van der Waals surface area (Å²) in [7, 11) is 0. The molecular weight excluding hydrogens is 440 g/mol. The molecule has 1 aromatic heterocycles. The first-order valence-corrected chi connectivity index (χ1v) is 11.3. The summed E-state index contributed by atoms with van der Waals surface area (Å²) < 4.78 is 0. The molecule has 0 aliphatic carbocycles. The summed E-state index contributed by atoms with van der Waals surface area (Å²) in [6.07, 6.45) is 0. The number of nitrogens with zero attached hydrogens (tertiary/aromatic N) is 1. The van der Waals surface area contributed by atoms with E-state index in [1.54, 1.807) is 43.5 Å². The molecule has 0 aliphatic heterocycles. The standard InChI is InChI=1S/C24H26N4O4S/c1-13(2)20(23(30)31)28-21(29)19-12-33-22(27-19)16-6-9-17(10-7-16)25-24(32)26-18-8-5-14(3)15(4)11-18/h5-13,20H,1-4H3,(H,28,29)(H,30,31)(H2,25,26,32). The van der Waals surface area contributed by atoms with Crippen LogP contribution in [0.3, 0.4) is 0 Å². The Labute approximate surface area is 196 Å². The van der Waals surface area contributed by atoms with Crippen molar-refractivity contribution in [3.8, 4) is 10.6 Å². The fraction of sp³-hybridized carbons (Fsp3) is 0.250. The topological polar surface area (TPSA) is 120 Å². The number of aryl methyl sites for hydroxylation is 2. The smallest absolute Gasteiger partial charge is 0.326 e. The minimum Gasteiger partial charge on any atom is -0.480 e. The van der Waals surface area contributed by atoms with E-state index in [9.17, 15) is 19.5 Å². The lowest BCUT2D eigenvalue weighted by atomic mass is 10.0.